The van der Waals surface area contributed by atoms with Crippen molar-refractivity contribution in [2.24, 2.45) is 0 Å². The number of nitro groups is 1. The fourth-order valence-electron chi connectivity index (χ4n) is 3.07. The average molecular weight is 359 g/mol. The lowest BCUT2D eigenvalue weighted by molar-refractivity contribution is -0.384. The standard InChI is InChI=1S/C16H20F3N3O3/c1-15(2)10-14(23)20-21(15)13(16(17,18)19)8-4-6-11-5-3-7-12(9-11)22(24)25/h3,5,7,9,13H,4,6,8,10H2,1-2H3,(H,20,23)/t13-/m0/s1. The molecular weight excluding hydrogens is 339 g/mol. The van der Waals surface area contributed by atoms with E-state index in [0.29, 0.717) is 5.56 Å². The minimum Gasteiger partial charge on any atom is -0.288 e. The van der Waals surface area contributed by atoms with Crippen molar-refractivity contribution in [1.82, 2.24) is 10.4 Å². The van der Waals surface area contributed by atoms with Crippen LogP contribution < -0.4 is 5.43 Å². The van der Waals surface area contributed by atoms with Crippen LogP contribution in [0.25, 0.3) is 0 Å². The van der Waals surface area contributed by atoms with Gasteiger partial charge in [0.1, 0.15) is 6.04 Å². The van der Waals surface area contributed by atoms with Crippen LogP contribution in [0.3, 0.4) is 0 Å². The summed E-state index contributed by atoms with van der Waals surface area (Å²) in [5.41, 5.74) is 1.91. The molecule has 0 saturated carbocycles. The fourth-order valence-corrected chi connectivity index (χ4v) is 3.07. The molecule has 1 amide bonds. The van der Waals surface area contributed by atoms with Gasteiger partial charge in [0.25, 0.3) is 5.69 Å². The van der Waals surface area contributed by atoms with Gasteiger partial charge in [0, 0.05) is 24.1 Å². The third-order valence-electron chi connectivity index (χ3n) is 4.24. The summed E-state index contributed by atoms with van der Waals surface area (Å²) < 4.78 is 40.4. The van der Waals surface area contributed by atoms with E-state index >= 15 is 0 Å². The monoisotopic (exact) mass is 359 g/mol. The number of carbonyl (C=O) groups is 1. The second kappa shape index (κ2) is 6.99. The van der Waals surface area contributed by atoms with Crippen LogP contribution in [0.15, 0.2) is 24.3 Å². The number of benzene rings is 1. The molecule has 1 heterocycles. The summed E-state index contributed by atoms with van der Waals surface area (Å²) in [5, 5.41) is 11.7. The Kier molecular flexibility index (Phi) is 5.36. The number of nitrogens with one attached hydrogen (secondary N) is 1. The Morgan fingerprint density at radius 1 is 1.40 bits per heavy atom. The van der Waals surface area contributed by atoms with E-state index in [4.69, 9.17) is 0 Å². The zero-order valence-electron chi connectivity index (χ0n) is 14.0. The van der Waals surface area contributed by atoms with Crippen LogP contribution >= 0.6 is 0 Å². The number of amides is 1. The van der Waals surface area contributed by atoms with Gasteiger partial charge in [0.2, 0.25) is 5.91 Å². The van der Waals surface area contributed by atoms with Crippen LogP contribution in [0.5, 0.6) is 0 Å². The summed E-state index contributed by atoms with van der Waals surface area (Å²) in [7, 11) is 0. The van der Waals surface area contributed by atoms with Crippen LogP contribution in [-0.2, 0) is 11.2 Å². The van der Waals surface area contributed by atoms with Crippen molar-refractivity contribution in [3.8, 4) is 0 Å². The van der Waals surface area contributed by atoms with Gasteiger partial charge in [-0.3, -0.25) is 20.3 Å². The highest BCUT2D eigenvalue weighted by Gasteiger charge is 2.51. The summed E-state index contributed by atoms with van der Waals surface area (Å²) in [6.45, 7) is 3.17. The normalized spacial score (nSPS) is 18.8. The van der Waals surface area contributed by atoms with E-state index in [9.17, 15) is 28.1 Å². The molecule has 0 radical (unpaired) electrons. The molecule has 6 nitrogen and oxygen atoms in total. The van der Waals surface area contributed by atoms with Gasteiger partial charge < -0.3 is 0 Å². The second-order valence-electron chi connectivity index (χ2n) is 6.77. The number of alkyl halides is 3. The highest BCUT2D eigenvalue weighted by Crippen LogP contribution is 2.35. The van der Waals surface area contributed by atoms with Crippen molar-refractivity contribution in [1.29, 1.82) is 0 Å². The van der Waals surface area contributed by atoms with E-state index < -0.39 is 28.6 Å². The van der Waals surface area contributed by atoms with E-state index in [1.807, 2.05) is 0 Å². The zero-order chi connectivity index (χ0) is 18.8. The number of halogens is 3. The van der Waals surface area contributed by atoms with Crippen molar-refractivity contribution in [3.05, 3.63) is 39.9 Å². The predicted molar refractivity (Wildman–Crippen MR) is 84.6 cm³/mol. The second-order valence-corrected chi connectivity index (χ2v) is 6.77. The Labute approximate surface area is 143 Å². The fraction of sp³-hybridized carbons (Fsp3) is 0.562. The Hall–Kier alpha value is -2.16. The number of aryl methyl sites for hydroxylation is 1. The van der Waals surface area contributed by atoms with E-state index in [-0.39, 0.29) is 31.4 Å². The molecule has 1 aromatic rings. The van der Waals surface area contributed by atoms with E-state index in [1.54, 1.807) is 19.9 Å². The maximum atomic E-state index is 13.5. The van der Waals surface area contributed by atoms with Crippen molar-refractivity contribution in [2.45, 2.75) is 57.3 Å². The zero-order valence-corrected chi connectivity index (χ0v) is 14.0. The first kappa shape index (κ1) is 19.2. The van der Waals surface area contributed by atoms with Crippen LogP contribution in [0.2, 0.25) is 0 Å². The van der Waals surface area contributed by atoms with Gasteiger partial charge in [-0.1, -0.05) is 12.1 Å². The molecule has 1 aliphatic rings. The lowest BCUT2D eigenvalue weighted by Crippen LogP contribution is -2.56. The first-order chi connectivity index (χ1) is 11.5. The molecule has 0 aliphatic carbocycles. The molecule has 2 rings (SSSR count). The average Bonchev–Trinajstić information content (AvgIpc) is 2.75. The minimum atomic E-state index is -4.49. The summed E-state index contributed by atoms with van der Waals surface area (Å²) >= 11 is 0. The van der Waals surface area contributed by atoms with Crippen LogP contribution in [0.4, 0.5) is 18.9 Å². The maximum Gasteiger partial charge on any atom is 0.405 e. The van der Waals surface area contributed by atoms with E-state index in [0.717, 1.165) is 5.01 Å². The SMILES string of the molecule is CC1(C)CC(=O)NN1[C@@H](CCCc1cccc([N+](=O)[O-])c1)C(F)(F)F. The molecule has 1 aromatic carbocycles. The minimum absolute atomic E-state index is 0.00442. The number of rotatable bonds is 6. The van der Waals surface area contributed by atoms with Crippen molar-refractivity contribution < 1.29 is 22.9 Å². The van der Waals surface area contributed by atoms with E-state index in [1.165, 1.54) is 18.2 Å². The topological polar surface area (TPSA) is 75.5 Å². The van der Waals surface area contributed by atoms with Crippen molar-refractivity contribution in [3.63, 3.8) is 0 Å². The van der Waals surface area contributed by atoms with Gasteiger partial charge in [-0.2, -0.15) is 13.2 Å². The Morgan fingerprint density at radius 2 is 2.08 bits per heavy atom. The first-order valence-electron chi connectivity index (χ1n) is 7.89. The molecule has 1 atom stereocenters. The highest BCUT2D eigenvalue weighted by molar-refractivity contribution is 5.78. The van der Waals surface area contributed by atoms with Crippen LogP contribution in [0, 0.1) is 10.1 Å². The molecule has 138 valence electrons. The number of hydrazine groups is 1. The smallest absolute Gasteiger partial charge is 0.288 e. The Morgan fingerprint density at radius 3 is 2.60 bits per heavy atom. The lowest BCUT2D eigenvalue weighted by atomic mass is 9.97. The highest BCUT2D eigenvalue weighted by atomic mass is 19.4. The van der Waals surface area contributed by atoms with E-state index in [2.05, 4.69) is 5.43 Å². The van der Waals surface area contributed by atoms with Crippen LogP contribution in [-0.4, -0.2) is 33.6 Å². The summed E-state index contributed by atoms with van der Waals surface area (Å²) in [6.07, 6.45) is -4.22. The predicted octanol–water partition coefficient (Wildman–Crippen LogP) is 3.36. The molecule has 1 fully saturated rings. The molecule has 0 bridgehead atoms. The largest absolute Gasteiger partial charge is 0.405 e. The number of hydrogen-bond donors (Lipinski definition) is 1. The molecule has 1 saturated heterocycles. The molecule has 1 N–H and O–H groups in total. The molecular formula is C16H20F3N3O3. The molecule has 0 aromatic heterocycles. The van der Waals surface area contributed by atoms with Gasteiger partial charge in [0.15, 0.2) is 0 Å². The Balaban J connectivity index is 2.05. The molecule has 25 heavy (non-hydrogen) atoms. The Bertz CT molecular complexity index is 662. The quantitative estimate of drug-likeness (QED) is 0.624. The van der Waals surface area contributed by atoms with Crippen molar-refractivity contribution >= 4 is 11.6 Å². The third kappa shape index (κ3) is 4.68. The van der Waals surface area contributed by atoms with Gasteiger partial charge in [-0.25, -0.2) is 5.01 Å². The number of nitro benzene ring substituents is 1. The number of carbonyl (C=O) groups excluding carboxylic acids is 1. The number of non-ortho nitro benzene ring substituents is 1. The number of hydrogen-bond acceptors (Lipinski definition) is 4. The summed E-state index contributed by atoms with van der Waals surface area (Å²) in [6, 6.07) is 4.07. The number of nitrogens with zero attached hydrogens (tertiary/aromatic N) is 2. The first-order valence-corrected chi connectivity index (χ1v) is 7.89. The molecule has 9 heteroatoms. The van der Waals surface area contributed by atoms with Crippen molar-refractivity contribution in [2.75, 3.05) is 0 Å². The summed E-state index contributed by atoms with van der Waals surface area (Å²) in [5.74, 6) is -0.432. The third-order valence-corrected chi connectivity index (χ3v) is 4.24. The van der Waals surface area contributed by atoms with Gasteiger partial charge >= 0.3 is 6.18 Å². The van der Waals surface area contributed by atoms with Gasteiger partial charge in [0.05, 0.1) is 4.92 Å². The summed E-state index contributed by atoms with van der Waals surface area (Å²) in [4.78, 5) is 21.7. The lowest BCUT2D eigenvalue weighted by Gasteiger charge is -2.37. The maximum absolute atomic E-state index is 13.5. The molecule has 0 unspecified atom stereocenters. The molecule has 0 spiro atoms. The van der Waals surface area contributed by atoms with Gasteiger partial charge in [-0.15, -0.1) is 0 Å². The molecule has 1 aliphatic heterocycles. The van der Waals surface area contributed by atoms with Gasteiger partial charge in [-0.05, 0) is 38.7 Å². The van der Waals surface area contributed by atoms with Crippen LogP contribution in [0.1, 0.15) is 38.7 Å².